The van der Waals surface area contributed by atoms with E-state index in [1.165, 1.54) is 12.2 Å². The van der Waals surface area contributed by atoms with E-state index in [0.717, 1.165) is 80.4 Å². The first-order valence-corrected chi connectivity index (χ1v) is 14.2. The second kappa shape index (κ2) is 22.4. The molecule has 6 nitrogen and oxygen atoms in total. The zero-order valence-corrected chi connectivity index (χ0v) is 23.8. The Morgan fingerprint density at radius 2 is 0.846 bits per heavy atom. The van der Waals surface area contributed by atoms with Gasteiger partial charge in [0.05, 0.1) is 26.4 Å². The Labute approximate surface area is 235 Å². The molecule has 0 amide bonds. The van der Waals surface area contributed by atoms with E-state index in [0.29, 0.717) is 26.4 Å². The Morgan fingerprint density at radius 3 is 1.18 bits per heavy atom. The van der Waals surface area contributed by atoms with Crippen LogP contribution < -0.4 is 9.47 Å². The Morgan fingerprint density at radius 1 is 0.538 bits per heavy atom. The van der Waals surface area contributed by atoms with Gasteiger partial charge < -0.3 is 18.9 Å². The van der Waals surface area contributed by atoms with E-state index in [2.05, 4.69) is 37.4 Å². The van der Waals surface area contributed by atoms with Gasteiger partial charge in [0.15, 0.2) is 0 Å². The number of esters is 2. The van der Waals surface area contributed by atoms with Crippen LogP contribution in [0, 0.1) is 0 Å². The van der Waals surface area contributed by atoms with Crippen LogP contribution in [0.4, 0.5) is 0 Å². The van der Waals surface area contributed by atoms with Gasteiger partial charge in [0.2, 0.25) is 0 Å². The molecule has 0 N–H and O–H groups in total. The van der Waals surface area contributed by atoms with Crippen molar-refractivity contribution in [3.63, 3.8) is 0 Å². The molecule has 0 atom stereocenters. The smallest absolute Gasteiger partial charge is 0.330 e. The molecule has 0 aliphatic heterocycles. The predicted molar refractivity (Wildman–Crippen MR) is 158 cm³/mol. The van der Waals surface area contributed by atoms with Gasteiger partial charge in [0.1, 0.15) is 11.5 Å². The van der Waals surface area contributed by atoms with Crippen molar-refractivity contribution >= 4 is 11.9 Å². The van der Waals surface area contributed by atoms with Crippen LogP contribution in [0.5, 0.6) is 11.5 Å². The van der Waals surface area contributed by atoms with Gasteiger partial charge in [-0.3, -0.25) is 0 Å². The molecule has 0 heterocycles. The fourth-order valence-electron chi connectivity index (χ4n) is 3.62. The van der Waals surface area contributed by atoms with Crippen LogP contribution in [0.3, 0.4) is 0 Å². The number of carbonyl (C=O) groups is 2. The minimum absolute atomic E-state index is 0.355. The predicted octanol–water partition coefficient (Wildman–Crippen LogP) is 8.11. The Hall–Kier alpha value is -3.54. The largest absolute Gasteiger partial charge is 0.494 e. The fraction of sp³-hybridized carbons (Fsp3) is 0.455. The van der Waals surface area contributed by atoms with Gasteiger partial charge in [-0.1, -0.05) is 70.5 Å². The summed E-state index contributed by atoms with van der Waals surface area (Å²) in [7, 11) is 0. The molecule has 0 saturated carbocycles. The second-order valence-corrected chi connectivity index (χ2v) is 8.67. The van der Waals surface area contributed by atoms with Crippen LogP contribution in [0.15, 0.2) is 73.8 Å². The van der Waals surface area contributed by atoms with E-state index >= 15 is 0 Å². The molecule has 2 rings (SSSR count). The lowest BCUT2D eigenvalue weighted by atomic mass is 10.1. The highest BCUT2D eigenvalue weighted by atomic mass is 16.5. The van der Waals surface area contributed by atoms with E-state index in [1.54, 1.807) is 0 Å². The van der Waals surface area contributed by atoms with Crippen molar-refractivity contribution in [2.75, 3.05) is 26.4 Å². The van der Waals surface area contributed by atoms with Crippen molar-refractivity contribution in [3.8, 4) is 22.6 Å². The summed E-state index contributed by atoms with van der Waals surface area (Å²) in [5.74, 6) is 1.02. The van der Waals surface area contributed by atoms with Crippen molar-refractivity contribution in [1.82, 2.24) is 0 Å². The van der Waals surface area contributed by atoms with Crippen LogP contribution in [0.1, 0.15) is 71.6 Å². The molecule has 0 aliphatic carbocycles. The van der Waals surface area contributed by atoms with E-state index in [-0.39, 0.29) is 11.9 Å². The van der Waals surface area contributed by atoms with Crippen molar-refractivity contribution in [1.29, 1.82) is 0 Å². The number of carbonyl (C=O) groups excluding carboxylic acids is 2. The summed E-state index contributed by atoms with van der Waals surface area (Å²) < 4.78 is 21.6. The quantitative estimate of drug-likeness (QED) is 0.0963. The summed E-state index contributed by atoms with van der Waals surface area (Å²) in [5, 5.41) is 0. The van der Waals surface area contributed by atoms with E-state index in [1.807, 2.05) is 38.1 Å². The number of ether oxygens (including phenoxy) is 4. The van der Waals surface area contributed by atoms with E-state index in [9.17, 15) is 9.59 Å². The second-order valence-electron chi connectivity index (χ2n) is 8.67. The zero-order valence-electron chi connectivity index (χ0n) is 23.8. The molecular weight excluding hydrogens is 492 g/mol. The lowest BCUT2D eigenvalue weighted by Crippen LogP contribution is -2.02. The standard InChI is InChI=1S/C31H40O6.C2H6/c1-3-30(32)36-24-12-7-5-6-10-22-34-28-18-14-26(15-19-28)27-16-20-29(21-17-27)35-23-11-8-9-13-25-37-31(33)4-2;1-2/h3-4,14-21H,1-2,5-13,22-25H2;1-2H3. The molecule has 0 bridgehead atoms. The number of hydrogen-bond donors (Lipinski definition) is 0. The van der Waals surface area contributed by atoms with Gasteiger partial charge in [-0.05, 0) is 73.9 Å². The van der Waals surface area contributed by atoms with Gasteiger partial charge in [0.25, 0.3) is 0 Å². The molecule has 214 valence electrons. The van der Waals surface area contributed by atoms with Crippen LogP contribution >= 0.6 is 0 Å². The zero-order chi connectivity index (χ0) is 28.6. The average molecular weight is 539 g/mol. The normalized spacial score (nSPS) is 10.0. The minimum Gasteiger partial charge on any atom is -0.494 e. The molecule has 0 radical (unpaired) electrons. The first kappa shape index (κ1) is 33.5. The van der Waals surface area contributed by atoms with Crippen molar-refractivity contribution in [2.24, 2.45) is 0 Å². The van der Waals surface area contributed by atoms with E-state index in [4.69, 9.17) is 18.9 Å². The molecule has 6 heteroatoms. The third-order valence-corrected chi connectivity index (χ3v) is 5.73. The van der Waals surface area contributed by atoms with Crippen molar-refractivity contribution in [3.05, 3.63) is 73.8 Å². The summed E-state index contributed by atoms with van der Waals surface area (Å²) >= 11 is 0. The topological polar surface area (TPSA) is 71.1 Å². The molecule has 0 saturated heterocycles. The molecule has 0 unspecified atom stereocenters. The van der Waals surface area contributed by atoms with Crippen LogP contribution in [-0.4, -0.2) is 38.4 Å². The number of benzene rings is 2. The minimum atomic E-state index is -0.363. The monoisotopic (exact) mass is 538 g/mol. The van der Waals surface area contributed by atoms with E-state index < -0.39 is 0 Å². The summed E-state index contributed by atoms with van der Waals surface area (Å²) in [6.07, 6.45) is 11.4. The molecule has 0 aliphatic rings. The summed E-state index contributed by atoms with van der Waals surface area (Å²) in [6.45, 7) is 13.0. The molecule has 0 aromatic heterocycles. The number of rotatable bonds is 20. The fourth-order valence-corrected chi connectivity index (χ4v) is 3.62. The molecule has 2 aromatic rings. The Kier molecular flexibility index (Phi) is 19.3. The van der Waals surface area contributed by atoms with Crippen molar-refractivity contribution in [2.45, 2.75) is 71.6 Å². The van der Waals surface area contributed by atoms with Crippen molar-refractivity contribution < 1.29 is 28.5 Å². The number of hydrogen-bond acceptors (Lipinski definition) is 6. The van der Waals surface area contributed by atoms with Gasteiger partial charge >= 0.3 is 11.9 Å². The van der Waals surface area contributed by atoms with Crippen LogP contribution in [-0.2, 0) is 19.1 Å². The highest BCUT2D eigenvalue weighted by Gasteiger charge is 2.02. The summed E-state index contributed by atoms with van der Waals surface area (Å²) in [6, 6.07) is 16.3. The maximum Gasteiger partial charge on any atom is 0.330 e. The molecule has 2 aromatic carbocycles. The van der Waals surface area contributed by atoms with Gasteiger partial charge in [0, 0.05) is 12.2 Å². The highest BCUT2D eigenvalue weighted by Crippen LogP contribution is 2.25. The third kappa shape index (κ3) is 16.1. The third-order valence-electron chi connectivity index (χ3n) is 5.73. The Balaban J connectivity index is 0.00000371. The van der Waals surface area contributed by atoms with Gasteiger partial charge in [-0.15, -0.1) is 0 Å². The average Bonchev–Trinajstić information content (AvgIpc) is 2.99. The molecule has 0 fully saturated rings. The lowest BCUT2D eigenvalue weighted by Gasteiger charge is -2.09. The first-order chi connectivity index (χ1) is 19.1. The summed E-state index contributed by atoms with van der Waals surface area (Å²) in [4.78, 5) is 21.9. The SMILES string of the molecule is C=CC(=O)OCCCCCCCOc1ccc(-c2ccc(OCCCCCCOC(=O)C=C)cc2)cc1.CC. The van der Waals surface area contributed by atoms with Gasteiger partial charge in [-0.2, -0.15) is 0 Å². The maximum atomic E-state index is 11.0. The van der Waals surface area contributed by atoms with Crippen LogP contribution in [0.2, 0.25) is 0 Å². The molecular formula is C33H46O6. The molecule has 0 spiro atoms. The lowest BCUT2D eigenvalue weighted by molar-refractivity contribution is -0.138. The maximum absolute atomic E-state index is 11.0. The van der Waals surface area contributed by atoms with Gasteiger partial charge in [-0.25, -0.2) is 9.59 Å². The first-order valence-electron chi connectivity index (χ1n) is 14.2. The molecule has 39 heavy (non-hydrogen) atoms. The summed E-state index contributed by atoms with van der Waals surface area (Å²) in [5.41, 5.74) is 2.26. The van der Waals surface area contributed by atoms with Crippen LogP contribution in [0.25, 0.3) is 11.1 Å². The highest BCUT2D eigenvalue weighted by molar-refractivity contribution is 5.81. The Bertz CT molecular complexity index is 934. The number of unbranched alkanes of at least 4 members (excludes halogenated alkanes) is 7.